The fourth-order valence-electron chi connectivity index (χ4n) is 4.48. The second kappa shape index (κ2) is 8.93. The number of piperazine rings is 1. The normalized spacial score (nSPS) is 18.1. The van der Waals surface area contributed by atoms with Crippen molar-refractivity contribution in [2.45, 2.75) is 19.9 Å². The van der Waals surface area contributed by atoms with Gasteiger partial charge in [0.2, 0.25) is 12.3 Å². The fraction of sp³-hybridized carbons (Fsp3) is 0.333. The van der Waals surface area contributed by atoms with E-state index in [1.54, 1.807) is 39.0 Å². The molecule has 1 saturated heterocycles. The summed E-state index contributed by atoms with van der Waals surface area (Å²) < 4.78 is 0. The van der Waals surface area contributed by atoms with Crippen molar-refractivity contribution in [2.24, 2.45) is 0 Å². The van der Waals surface area contributed by atoms with Crippen molar-refractivity contribution in [1.29, 1.82) is 0 Å². The van der Waals surface area contributed by atoms with Crippen molar-refractivity contribution in [2.75, 3.05) is 42.5 Å². The van der Waals surface area contributed by atoms with Crippen LogP contribution in [0.1, 0.15) is 24.2 Å². The van der Waals surface area contributed by atoms with Gasteiger partial charge in [-0.15, -0.1) is 0 Å². The molecule has 0 aliphatic carbocycles. The first kappa shape index (κ1) is 22.3. The first-order valence-corrected chi connectivity index (χ1v) is 10.8. The van der Waals surface area contributed by atoms with Gasteiger partial charge in [0.05, 0.1) is 17.4 Å². The van der Waals surface area contributed by atoms with Crippen LogP contribution in [0.2, 0.25) is 0 Å². The zero-order chi connectivity index (χ0) is 23.7. The Morgan fingerprint density at radius 2 is 1.58 bits per heavy atom. The monoisotopic (exact) mass is 450 g/mol. The Kier molecular flexibility index (Phi) is 6.04. The van der Waals surface area contributed by atoms with E-state index in [2.05, 4.69) is 0 Å². The molecule has 33 heavy (non-hydrogen) atoms. The molecule has 4 rings (SSSR count). The lowest BCUT2D eigenvalue weighted by Gasteiger charge is -2.39. The second-order valence-electron chi connectivity index (χ2n) is 8.35. The van der Waals surface area contributed by atoms with Crippen LogP contribution in [0, 0.1) is 0 Å². The molecule has 0 saturated carbocycles. The molecule has 2 aromatic rings. The maximum Gasteiger partial charge on any atom is 0.411 e. The molecule has 9 heteroatoms. The van der Waals surface area contributed by atoms with Crippen LogP contribution in [0.3, 0.4) is 0 Å². The number of rotatable bonds is 3. The van der Waals surface area contributed by atoms with E-state index in [-0.39, 0.29) is 24.4 Å². The number of fused-ring (bicyclic) bond motifs is 1. The predicted octanol–water partition coefficient (Wildman–Crippen LogP) is 2.51. The maximum absolute atomic E-state index is 12.8. The Hall–Kier alpha value is -3.88. The van der Waals surface area contributed by atoms with Gasteiger partial charge in [0.25, 0.3) is 5.91 Å². The van der Waals surface area contributed by atoms with Crippen LogP contribution < -0.4 is 9.80 Å². The van der Waals surface area contributed by atoms with Gasteiger partial charge >= 0.3 is 6.09 Å². The van der Waals surface area contributed by atoms with Crippen LogP contribution in [-0.2, 0) is 9.59 Å². The van der Waals surface area contributed by atoms with Gasteiger partial charge in [-0.3, -0.25) is 19.3 Å². The number of amides is 4. The lowest BCUT2D eigenvalue weighted by Crippen LogP contribution is -2.51. The smallest absolute Gasteiger partial charge is 0.411 e. The minimum absolute atomic E-state index is 0.0827. The highest BCUT2D eigenvalue weighted by Gasteiger charge is 2.33. The van der Waals surface area contributed by atoms with Crippen LogP contribution >= 0.6 is 0 Å². The van der Waals surface area contributed by atoms with Crippen LogP contribution in [0.4, 0.5) is 16.2 Å². The summed E-state index contributed by atoms with van der Waals surface area (Å²) in [7, 11) is 0. The zero-order valence-corrected chi connectivity index (χ0v) is 18.6. The van der Waals surface area contributed by atoms with Gasteiger partial charge in [0.1, 0.15) is 0 Å². The van der Waals surface area contributed by atoms with Crippen LogP contribution in [0.25, 0.3) is 11.1 Å². The molecule has 172 valence electrons. The van der Waals surface area contributed by atoms with Gasteiger partial charge in [0, 0.05) is 45.2 Å². The Labute approximate surface area is 191 Å². The highest BCUT2D eigenvalue weighted by atomic mass is 16.4. The van der Waals surface area contributed by atoms with Crippen LogP contribution in [-0.4, -0.2) is 78.0 Å². The summed E-state index contributed by atoms with van der Waals surface area (Å²) in [4.78, 5) is 53.9. The first-order chi connectivity index (χ1) is 15.8. The van der Waals surface area contributed by atoms with Crippen molar-refractivity contribution in [3.05, 3.63) is 48.0 Å². The molecule has 2 heterocycles. The van der Waals surface area contributed by atoms with Gasteiger partial charge < -0.3 is 19.8 Å². The van der Waals surface area contributed by atoms with Crippen LogP contribution in [0.15, 0.2) is 42.5 Å². The van der Waals surface area contributed by atoms with Crippen molar-refractivity contribution in [3.63, 3.8) is 0 Å². The molecule has 2 aliphatic heterocycles. The Bertz CT molecular complexity index is 1090. The SMILES string of the molecule is CC(=O)N1c2ccc(-c3ccc(C(=O)N4CCN(C=O)CC4)cc3)cc2N(C(=O)O)C[C@@H]1C. The molecular weight excluding hydrogens is 424 g/mol. The predicted molar refractivity (Wildman–Crippen MR) is 123 cm³/mol. The third kappa shape index (κ3) is 4.26. The molecule has 0 radical (unpaired) electrons. The van der Waals surface area contributed by atoms with Gasteiger partial charge in [-0.25, -0.2) is 4.79 Å². The first-order valence-electron chi connectivity index (χ1n) is 10.8. The third-order valence-corrected chi connectivity index (χ3v) is 6.20. The quantitative estimate of drug-likeness (QED) is 0.724. The number of carboxylic acid groups (broad SMARTS) is 1. The molecule has 4 amide bonds. The second-order valence-corrected chi connectivity index (χ2v) is 8.35. The summed E-state index contributed by atoms with van der Waals surface area (Å²) >= 11 is 0. The minimum Gasteiger partial charge on any atom is -0.465 e. The summed E-state index contributed by atoms with van der Waals surface area (Å²) in [5, 5.41) is 9.70. The highest BCUT2D eigenvalue weighted by molar-refractivity contribution is 6.03. The molecular formula is C24H26N4O5. The van der Waals surface area contributed by atoms with Gasteiger partial charge in [-0.05, 0) is 42.3 Å². The number of carbonyl (C=O) groups excluding carboxylic acids is 3. The Morgan fingerprint density at radius 3 is 2.15 bits per heavy atom. The molecule has 0 spiro atoms. The van der Waals surface area contributed by atoms with Crippen LogP contribution in [0.5, 0.6) is 0 Å². The average molecular weight is 450 g/mol. The molecule has 0 aromatic heterocycles. The summed E-state index contributed by atoms with van der Waals surface area (Å²) in [5.74, 6) is -0.223. The Balaban J connectivity index is 1.59. The van der Waals surface area contributed by atoms with E-state index in [4.69, 9.17) is 0 Å². The molecule has 0 bridgehead atoms. The van der Waals surface area contributed by atoms with E-state index < -0.39 is 6.09 Å². The van der Waals surface area contributed by atoms with E-state index in [1.165, 1.54) is 11.8 Å². The topological polar surface area (TPSA) is 101 Å². The fourth-order valence-corrected chi connectivity index (χ4v) is 4.48. The van der Waals surface area contributed by atoms with E-state index in [0.717, 1.165) is 17.5 Å². The average Bonchev–Trinajstić information content (AvgIpc) is 2.82. The molecule has 1 fully saturated rings. The number of benzene rings is 2. The van der Waals surface area contributed by atoms with E-state index in [1.807, 2.05) is 25.1 Å². The summed E-state index contributed by atoms with van der Waals surface area (Å²) in [6, 6.07) is 12.3. The lowest BCUT2D eigenvalue weighted by atomic mass is 9.99. The number of nitrogens with zero attached hydrogens (tertiary/aromatic N) is 4. The number of hydrogen-bond acceptors (Lipinski definition) is 4. The number of hydrogen-bond donors (Lipinski definition) is 1. The standard InChI is InChI=1S/C24H26N4O5/c1-16-14-27(24(32)33)22-13-20(7-8-21(22)28(16)17(2)30)18-3-5-19(6-4-18)23(31)26-11-9-25(15-29)10-12-26/h3-8,13,15-16H,9-12,14H2,1-2H3,(H,32,33)/t16-/m0/s1. The highest BCUT2D eigenvalue weighted by Crippen LogP contribution is 2.39. The Morgan fingerprint density at radius 1 is 0.939 bits per heavy atom. The molecule has 9 nitrogen and oxygen atoms in total. The van der Waals surface area contributed by atoms with Gasteiger partial charge in [0.15, 0.2) is 0 Å². The summed E-state index contributed by atoms with van der Waals surface area (Å²) in [5.41, 5.74) is 3.20. The van der Waals surface area contributed by atoms with Gasteiger partial charge in [-0.2, -0.15) is 0 Å². The van der Waals surface area contributed by atoms with Crippen molar-refractivity contribution in [3.8, 4) is 11.1 Å². The van der Waals surface area contributed by atoms with E-state index >= 15 is 0 Å². The molecule has 2 aliphatic rings. The van der Waals surface area contributed by atoms with Gasteiger partial charge in [-0.1, -0.05) is 18.2 Å². The lowest BCUT2D eigenvalue weighted by molar-refractivity contribution is -0.119. The minimum atomic E-state index is -1.07. The van der Waals surface area contributed by atoms with E-state index in [0.29, 0.717) is 43.1 Å². The maximum atomic E-state index is 12.8. The molecule has 1 atom stereocenters. The number of anilines is 2. The third-order valence-electron chi connectivity index (χ3n) is 6.20. The molecule has 1 N–H and O–H groups in total. The molecule has 0 unspecified atom stereocenters. The summed E-state index contributed by atoms with van der Waals surface area (Å²) in [6.07, 6.45) is -0.268. The zero-order valence-electron chi connectivity index (χ0n) is 18.6. The summed E-state index contributed by atoms with van der Waals surface area (Å²) in [6.45, 7) is 5.54. The van der Waals surface area contributed by atoms with E-state index in [9.17, 15) is 24.3 Å². The molecule has 2 aromatic carbocycles. The van der Waals surface area contributed by atoms with Crippen molar-refractivity contribution >= 4 is 35.7 Å². The van der Waals surface area contributed by atoms with Crippen molar-refractivity contribution < 1.29 is 24.3 Å². The largest absolute Gasteiger partial charge is 0.465 e. The number of carbonyl (C=O) groups is 4. The van der Waals surface area contributed by atoms with Crippen molar-refractivity contribution in [1.82, 2.24) is 9.80 Å².